The Morgan fingerprint density at radius 3 is 3.00 bits per heavy atom. The maximum Gasteiger partial charge on any atom is 0.224 e. The van der Waals surface area contributed by atoms with Gasteiger partial charge in [-0.25, -0.2) is 0 Å². The highest BCUT2D eigenvalue weighted by molar-refractivity contribution is 5.81. The minimum atomic E-state index is 0.0501. The molecule has 16 heavy (non-hydrogen) atoms. The van der Waals surface area contributed by atoms with Crippen LogP contribution in [-0.4, -0.2) is 43.4 Å². The molecular formula is C11H22N4O. The third kappa shape index (κ3) is 3.40. The fourth-order valence-corrected chi connectivity index (χ4v) is 1.93. The van der Waals surface area contributed by atoms with Gasteiger partial charge in [0.2, 0.25) is 5.91 Å². The predicted molar refractivity (Wildman–Crippen MR) is 65.1 cm³/mol. The van der Waals surface area contributed by atoms with Gasteiger partial charge in [-0.3, -0.25) is 9.79 Å². The third-order valence-corrected chi connectivity index (χ3v) is 2.86. The Labute approximate surface area is 97.1 Å². The van der Waals surface area contributed by atoms with E-state index in [0.29, 0.717) is 12.5 Å². The molecule has 1 heterocycles. The van der Waals surface area contributed by atoms with Crippen molar-refractivity contribution in [2.45, 2.75) is 26.2 Å². The first-order valence-electron chi connectivity index (χ1n) is 5.95. The van der Waals surface area contributed by atoms with Gasteiger partial charge in [-0.15, -0.1) is 0 Å². The average molecular weight is 226 g/mol. The van der Waals surface area contributed by atoms with Gasteiger partial charge >= 0.3 is 0 Å². The summed E-state index contributed by atoms with van der Waals surface area (Å²) >= 11 is 0. The number of piperidine rings is 1. The minimum absolute atomic E-state index is 0.0501. The summed E-state index contributed by atoms with van der Waals surface area (Å²) in [6.45, 7) is 4.43. The lowest BCUT2D eigenvalue weighted by atomic mass is 9.97. The van der Waals surface area contributed by atoms with Crippen molar-refractivity contribution in [3.05, 3.63) is 0 Å². The third-order valence-electron chi connectivity index (χ3n) is 2.86. The average Bonchev–Trinajstić information content (AvgIpc) is 2.35. The van der Waals surface area contributed by atoms with Crippen molar-refractivity contribution < 1.29 is 4.79 Å². The van der Waals surface area contributed by atoms with Crippen molar-refractivity contribution in [3.8, 4) is 0 Å². The number of hydrogen-bond donors (Lipinski definition) is 2. The summed E-state index contributed by atoms with van der Waals surface area (Å²) in [6.07, 6.45) is 2.94. The van der Waals surface area contributed by atoms with Gasteiger partial charge in [0.05, 0.1) is 5.92 Å². The highest BCUT2D eigenvalue weighted by Gasteiger charge is 2.25. The molecule has 1 amide bonds. The Morgan fingerprint density at radius 1 is 1.62 bits per heavy atom. The van der Waals surface area contributed by atoms with Crippen molar-refractivity contribution in [1.82, 2.24) is 10.2 Å². The van der Waals surface area contributed by atoms with E-state index in [1.807, 2.05) is 4.90 Å². The van der Waals surface area contributed by atoms with E-state index in [1.165, 1.54) is 0 Å². The zero-order chi connectivity index (χ0) is 12.0. The molecule has 0 spiro atoms. The molecular weight excluding hydrogens is 204 g/mol. The molecule has 1 atom stereocenters. The number of nitrogens with one attached hydrogen (secondary N) is 1. The van der Waals surface area contributed by atoms with E-state index >= 15 is 0 Å². The molecule has 0 aliphatic carbocycles. The molecule has 0 aromatic carbocycles. The predicted octanol–water partition coefficient (Wildman–Crippen LogP) is 0.169. The standard InChI is InChI=1S/C11H22N4O/c1-3-6-14-11(12)15-7-4-5-9(8-15)10(16)13-2/h9H,3-8H2,1-2H3,(H2,12,14)(H,13,16). The van der Waals surface area contributed by atoms with Crippen molar-refractivity contribution in [1.29, 1.82) is 0 Å². The Morgan fingerprint density at radius 2 is 2.38 bits per heavy atom. The van der Waals surface area contributed by atoms with Crippen molar-refractivity contribution >= 4 is 11.9 Å². The number of rotatable bonds is 3. The van der Waals surface area contributed by atoms with Gasteiger partial charge in [-0.2, -0.15) is 0 Å². The van der Waals surface area contributed by atoms with E-state index in [9.17, 15) is 4.79 Å². The van der Waals surface area contributed by atoms with Crippen LogP contribution in [0.15, 0.2) is 4.99 Å². The Kier molecular flexibility index (Phi) is 5.08. The zero-order valence-electron chi connectivity index (χ0n) is 10.2. The Balaban J connectivity index is 2.53. The Hall–Kier alpha value is -1.26. The van der Waals surface area contributed by atoms with Crippen LogP contribution in [0.1, 0.15) is 26.2 Å². The number of guanidine groups is 1. The lowest BCUT2D eigenvalue weighted by Crippen LogP contribution is -2.47. The topological polar surface area (TPSA) is 70.7 Å². The molecule has 5 heteroatoms. The van der Waals surface area contributed by atoms with Crippen LogP contribution in [0.2, 0.25) is 0 Å². The lowest BCUT2D eigenvalue weighted by molar-refractivity contribution is -0.125. The number of nitrogens with two attached hydrogens (primary N) is 1. The van der Waals surface area contributed by atoms with Crippen LogP contribution < -0.4 is 11.1 Å². The number of amides is 1. The molecule has 0 saturated carbocycles. The lowest BCUT2D eigenvalue weighted by Gasteiger charge is -2.32. The number of nitrogens with zero attached hydrogens (tertiary/aromatic N) is 2. The van der Waals surface area contributed by atoms with Gasteiger partial charge in [-0.05, 0) is 19.3 Å². The van der Waals surface area contributed by atoms with Crippen LogP contribution in [0, 0.1) is 5.92 Å². The van der Waals surface area contributed by atoms with E-state index in [0.717, 1.165) is 32.4 Å². The summed E-state index contributed by atoms with van der Waals surface area (Å²) in [5.74, 6) is 0.734. The molecule has 3 N–H and O–H groups in total. The first-order valence-corrected chi connectivity index (χ1v) is 5.95. The number of carbonyl (C=O) groups excluding carboxylic acids is 1. The monoisotopic (exact) mass is 226 g/mol. The molecule has 1 saturated heterocycles. The summed E-state index contributed by atoms with van der Waals surface area (Å²) < 4.78 is 0. The summed E-state index contributed by atoms with van der Waals surface area (Å²) in [5, 5.41) is 2.69. The highest BCUT2D eigenvalue weighted by atomic mass is 16.1. The second-order valence-corrected chi connectivity index (χ2v) is 4.14. The summed E-state index contributed by atoms with van der Waals surface area (Å²) in [4.78, 5) is 17.8. The van der Waals surface area contributed by atoms with Gasteiger partial charge in [0.15, 0.2) is 5.96 Å². The van der Waals surface area contributed by atoms with Crippen molar-refractivity contribution in [3.63, 3.8) is 0 Å². The number of aliphatic imine (C=N–C) groups is 1. The van der Waals surface area contributed by atoms with Crippen LogP contribution in [0.3, 0.4) is 0 Å². The Bertz CT molecular complexity index is 265. The molecule has 0 aromatic rings. The molecule has 1 aliphatic rings. The number of carbonyl (C=O) groups is 1. The molecule has 0 bridgehead atoms. The van der Waals surface area contributed by atoms with Gasteiger partial charge < -0.3 is 16.0 Å². The van der Waals surface area contributed by atoms with E-state index in [2.05, 4.69) is 17.2 Å². The molecule has 1 aliphatic heterocycles. The maximum atomic E-state index is 11.5. The summed E-state index contributed by atoms with van der Waals surface area (Å²) in [7, 11) is 1.68. The number of hydrogen-bond acceptors (Lipinski definition) is 2. The first-order chi connectivity index (χ1) is 7.69. The molecule has 0 aromatic heterocycles. The quantitative estimate of drug-likeness (QED) is 0.532. The van der Waals surface area contributed by atoms with E-state index in [4.69, 9.17) is 5.73 Å². The second-order valence-electron chi connectivity index (χ2n) is 4.14. The molecule has 92 valence electrons. The van der Waals surface area contributed by atoms with Crippen molar-refractivity contribution in [2.24, 2.45) is 16.6 Å². The van der Waals surface area contributed by atoms with Crippen LogP contribution in [0.5, 0.6) is 0 Å². The first kappa shape index (κ1) is 12.8. The minimum Gasteiger partial charge on any atom is -0.370 e. The van der Waals surface area contributed by atoms with Gasteiger partial charge in [0.1, 0.15) is 0 Å². The molecule has 1 unspecified atom stereocenters. The molecule has 1 rings (SSSR count). The smallest absolute Gasteiger partial charge is 0.224 e. The SMILES string of the molecule is CCCN=C(N)N1CCCC(C(=O)NC)C1. The van der Waals surface area contributed by atoms with Gasteiger partial charge in [0, 0.05) is 26.7 Å². The van der Waals surface area contributed by atoms with Gasteiger partial charge in [0.25, 0.3) is 0 Å². The van der Waals surface area contributed by atoms with Crippen LogP contribution in [0.25, 0.3) is 0 Å². The molecule has 1 fully saturated rings. The molecule has 5 nitrogen and oxygen atoms in total. The second kappa shape index (κ2) is 6.35. The summed E-state index contributed by atoms with van der Waals surface area (Å²) in [5.41, 5.74) is 5.88. The highest BCUT2D eigenvalue weighted by Crippen LogP contribution is 2.16. The van der Waals surface area contributed by atoms with Gasteiger partial charge in [-0.1, -0.05) is 6.92 Å². The number of likely N-dealkylation sites (tertiary alicyclic amines) is 1. The van der Waals surface area contributed by atoms with Crippen LogP contribution >= 0.6 is 0 Å². The molecule has 0 radical (unpaired) electrons. The van der Waals surface area contributed by atoms with E-state index in [-0.39, 0.29) is 11.8 Å². The normalized spacial score (nSPS) is 22.0. The van der Waals surface area contributed by atoms with E-state index in [1.54, 1.807) is 7.05 Å². The fraction of sp³-hybridized carbons (Fsp3) is 0.818. The summed E-state index contributed by atoms with van der Waals surface area (Å²) in [6, 6.07) is 0. The van der Waals surface area contributed by atoms with E-state index < -0.39 is 0 Å². The fourth-order valence-electron chi connectivity index (χ4n) is 1.93. The zero-order valence-corrected chi connectivity index (χ0v) is 10.2. The van der Waals surface area contributed by atoms with Crippen LogP contribution in [-0.2, 0) is 4.79 Å². The largest absolute Gasteiger partial charge is 0.370 e. The van der Waals surface area contributed by atoms with Crippen LogP contribution in [0.4, 0.5) is 0 Å². The van der Waals surface area contributed by atoms with Crippen molar-refractivity contribution in [2.75, 3.05) is 26.7 Å². The maximum absolute atomic E-state index is 11.5.